The van der Waals surface area contributed by atoms with Gasteiger partial charge in [0.1, 0.15) is 5.15 Å². The minimum Gasteiger partial charge on any atom is -0.369 e. The Morgan fingerprint density at radius 2 is 2.33 bits per heavy atom. The van der Waals surface area contributed by atoms with Gasteiger partial charge in [0, 0.05) is 19.1 Å². The maximum absolute atomic E-state index is 6.05. The number of anilines is 1. The maximum atomic E-state index is 6.05. The molecule has 0 spiro atoms. The number of nitrogens with zero attached hydrogens (tertiary/aromatic N) is 2. The lowest BCUT2D eigenvalue weighted by atomic mass is 9.94. The molecule has 15 heavy (non-hydrogen) atoms. The van der Waals surface area contributed by atoms with Crippen LogP contribution in [-0.4, -0.2) is 24.1 Å². The molecule has 2 N–H and O–H groups in total. The SMILES string of the molecule is C[C@@H]1CCN(c2ccc(Cl)nc2)C[C@@H]1N. The van der Waals surface area contributed by atoms with Crippen LogP contribution in [0.1, 0.15) is 13.3 Å². The van der Waals surface area contributed by atoms with Gasteiger partial charge in [0.2, 0.25) is 0 Å². The molecule has 0 bridgehead atoms. The Kier molecular flexibility index (Phi) is 3.12. The molecule has 4 heteroatoms. The first kappa shape index (κ1) is 10.7. The number of halogens is 1. The van der Waals surface area contributed by atoms with Crippen molar-refractivity contribution in [3.05, 3.63) is 23.5 Å². The van der Waals surface area contributed by atoms with E-state index in [2.05, 4.69) is 16.8 Å². The monoisotopic (exact) mass is 225 g/mol. The molecule has 1 aromatic heterocycles. The highest BCUT2D eigenvalue weighted by Gasteiger charge is 2.23. The van der Waals surface area contributed by atoms with Crippen molar-refractivity contribution in [2.75, 3.05) is 18.0 Å². The van der Waals surface area contributed by atoms with E-state index in [0.29, 0.717) is 11.1 Å². The normalized spacial score (nSPS) is 26.7. The van der Waals surface area contributed by atoms with Gasteiger partial charge < -0.3 is 10.6 Å². The van der Waals surface area contributed by atoms with E-state index in [1.54, 1.807) is 0 Å². The summed E-state index contributed by atoms with van der Waals surface area (Å²) in [5.74, 6) is 0.613. The van der Waals surface area contributed by atoms with Gasteiger partial charge in [-0.3, -0.25) is 0 Å². The van der Waals surface area contributed by atoms with Crippen molar-refractivity contribution in [1.29, 1.82) is 0 Å². The van der Waals surface area contributed by atoms with E-state index in [4.69, 9.17) is 17.3 Å². The van der Waals surface area contributed by atoms with Crippen LogP contribution in [0.5, 0.6) is 0 Å². The molecule has 0 amide bonds. The highest BCUT2D eigenvalue weighted by molar-refractivity contribution is 6.29. The average Bonchev–Trinajstić information content (AvgIpc) is 2.23. The Morgan fingerprint density at radius 3 is 2.93 bits per heavy atom. The van der Waals surface area contributed by atoms with Crippen LogP contribution >= 0.6 is 11.6 Å². The minimum absolute atomic E-state index is 0.259. The van der Waals surface area contributed by atoms with Crippen molar-refractivity contribution in [1.82, 2.24) is 4.98 Å². The van der Waals surface area contributed by atoms with Crippen LogP contribution in [0.15, 0.2) is 18.3 Å². The smallest absolute Gasteiger partial charge is 0.129 e. The number of nitrogens with two attached hydrogens (primary N) is 1. The third kappa shape index (κ3) is 2.41. The van der Waals surface area contributed by atoms with Crippen LogP contribution in [0.2, 0.25) is 5.15 Å². The van der Waals surface area contributed by atoms with E-state index in [0.717, 1.165) is 25.2 Å². The third-order valence-corrected chi connectivity index (χ3v) is 3.32. The molecule has 82 valence electrons. The standard InChI is InChI=1S/C11H16ClN3/c1-8-4-5-15(7-10(8)13)9-2-3-11(12)14-6-9/h2-3,6,8,10H,4-5,7,13H2,1H3/t8-,10+/m1/s1. The molecule has 1 fully saturated rings. The Bertz CT molecular complexity index is 325. The predicted molar refractivity (Wildman–Crippen MR) is 63.2 cm³/mol. The number of hydrogen-bond donors (Lipinski definition) is 1. The van der Waals surface area contributed by atoms with Crippen molar-refractivity contribution in [2.24, 2.45) is 11.7 Å². The molecule has 1 aromatic rings. The van der Waals surface area contributed by atoms with Crippen LogP contribution in [0.4, 0.5) is 5.69 Å². The first-order valence-electron chi connectivity index (χ1n) is 5.29. The van der Waals surface area contributed by atoms with Crippen LogP contribution in [0.3, 0.4) is 0 Å². The molecule has 3 nitrogen and oxygen atoms in total. The molecule has 0 aromatic carbocycles. The number of aromatic nitrogens is 1. The summed E-state index contributed by atoms with van der Waals surface area (Å²) in [5.41, 5.74) is 7.16. The van der Waals surface area contributed by atoms with Crippen molar-refractivity contribution < 1.29 is 0 Å². The molecule has 1 aliphatic rings. The predicted octanol–water partition coefficient (Wildman–Crippen LogP) is 1.91. The highest BCUT2D eigenvalue weighted by Crippen LogP contribution is 2.22. The van der Waals surface area contributed by atoms with Gasteiger partial charge in [-0.15, -0.1) is 0 Å². The second-order valence-electron chi connectivity index (χ2n) is 4.21. The molecule has 2 atom stereocenters. The number of pyridine rings is 1. The topological polar surface area (TPSA) is 42.2 Å². The van der Waals surface area contributed by atoms with Gasteiger partial charge in [0.25, 0.3) is 0 Å². The zero-order valence-electron chi connectivity index (χ0n) is 8.86. The van der Waals surface area contributed by atoms with Gasteiger partial charge in [-0.2, -0.15) is 0 Å². The Hall–Kier alpha value is -0.800. The molecule has 2 heterocycles. The fraction of sp³-hybridized carbons (Fsp3) is 0.545. The quantitative estimate of drug-likeness (QED) is 0.743. The van der Waals surface area contributed by atoms with Crippen LogP contribution < -0.4 is 10.6 Å². The molecule has 2 rings (SSSR count). The Labute approximate surface area is 95.2 Å². The molecule has 0 aliphatic carbocycles. The zero-order chi connectivity index (χ0) is 10.8. The van der Waals surface area contributed by atoms with Gasteiger partial charge in [-0.05, 0) is 24.5 Å². The number of rotatable bonds is 1. The molecule has 0 saturated carbocycles. The second-order valence-corrected chi connectivity index (χ2v) is 4.60. The zero-order valence-corrected chi connectivity index (χ0v) is 9.61. The van der Waals surface area contributed by atoms with Crippen LogP contribution in [0.25, 0.3) is 0 Å². The molecule has 0 radical (unpaired) electrons. The molecule has 0 unspecified atom stereocenters. The summed E-state index contributed by atoms with van der Waals surface area (Å²) in [4.78, 5) is 6.35. The van der Waals surface area contributed by atoms with Crippen LogP contribution in [-0.2, 0) is 0 Å². The molecular formula is C11H16ClN3. The van der Waals surface area contributed by atoms with Gasteiger partial charge in [0.05, 0.1) is 11.9 Å². The van der Waals surface area contributed by atoms with E-state index in [1.165, 1.54) is 0 Å². The number of piperidine rings is 1. The second kappa shape index (κ2) is 4.37. The molecule has 1 saturated heterocycles. The van der Waals surface area contributed by atoms with E-state index < -0.39 is 0 Å². The average molecular weight is 226 g/mol. The summed E-state index contributed by atoms with van der Waals surface area (Å²) in [6.45, 7) is 4.17. The molecule has 1 aliphatic heterocycles. The maximum Gasteiger partial charge on any atom is 0.129 e. The summed E-state index contributed by atoms with van der Waals surface area (Å²) < 4.78 is 0. The van der Waals surface area contributed by atoms with Gasteiger partial charge in [0.15, 0.2) is 0 Å². The van der Waals surface area contributed by atoms with Crippen molar-refractivity contribution in [3.8, 4) is 0 Å². The largest absolute Gasteiger partial charge is 0.369 e. The Balaban J connectivity index is 2.08. The van der Waals surface area contributed by atoms with Gasteiger partial charge >= 0.3 is 0 Å². The minimum atomic E-state index is 0.259. The Morgan fingerprint density at radius 1 is 1.53 bits per heavy atom. The van der Waals surface area contributed by atoms with Crippen molar-refractivity contribution >= 4 is 17.3 Å². The van der Waals surface area contributed by atoms with Gasteiger partial charge in [-0.25, -0.2) is 4.98 Å². The fourth-order valence-electron chi connectivity index (χ4n) is 1.89. The van der Waals surface area contributed by atoms with Crippen LogP contribution in [0, 0.1) is 5.92 Å². The number of hydrogen-bond acceptors (Lipinski definition) is 3. The summed E-state index contributed by atoms with van der Waals surface area (Å²) in [5, 5.41) is 0.536. The fourth-order valence-corrected chi connectivity index (χ4v) is 2.00. The molecular weight excluding hydrogens is 210 g/mol. The summed E-state index contributed by atoms with van der Waals surface area (Å²) in [6.07, 6.45) is 2.95. The summed E-state index contributed by atoms with van der Waals surface area (Å²) >= 11 is 5.75. The van der Waals surface area contributed by atoms with E-state index >= 15 is 0 Å². The summed E-state index contributed by atoms with van der Waals surface area (Å²) in [7, 11) is 0. The first-order valence-corrected chi connectivity index (χ1v) is 5.66. The van der Waals surface area contributed by atoms with E-state index in [-0.39, 0.29) is 6.04 Å². The third-order valence-electron chi connectivity index (χ3n) is 3.09. The highest BCUT2D eigenvalue weighted by atomic mass is 35.5. The summed E-state index contributed by atoms with van der Waals surface area (Å²) in [6, 6.07) is 4.08. The van der Waals surface area contributed by atoms with E-state index in [9.17, 15) is 0 Å². The van der Waals surface area contributed by atoms with E-state index in [1.807, 2.05) is 18.3 Å². The van der Waals surface area contributed by atoms with Crippen molar-refractivity contribution in [3.63, 3.8) is 0 Å². The lowest BCUT2D eigenvalue weighted by Crippen LogP contribution is -2.47. The lowest BCUT2D eigenvalue weighted by molar-refractivity contribution is 0.379. The lowest BCUT2D eigenvalue weighted by Gasteiger charge is -2.36. The van der Waals surface area contributed by atoms with Gasteiger partial charge in [-0.1, -0.05) is 18.5 Å². The van der Waals surface area contributed by atoms with Crippen molar-refractivity contribution in [2.45, 2.75) is 19.4 Å². The first-order chi connectivity index (χ1) is 7.16.